The number of carboxylic acids is 2. The molecule has 11 nitrogen and oxygen atoms in total. The molecular formula is C15H24N4O7. The van der Waals surface area contributed by atoms with Crippen LogP contribution in [0.15, 0.2) is 0 Å². The minimum absolute atomic E-state index is 0.0602. The van der Waals surface area contributed by atoms with Crippen molar-refractivity contribution in [1.82, 2.24) is 10.2 Å². The first-order valence-electron chi connectivity index (χ1n) is 8.22. The van der Waals surface area contributed by atoms with Gasteiger partial charge in [-0.2, -0.15) is 0 Å². The first-order chi connectivity index (χ1) is 12.1. The van der Waals surface area contributed by atoms with Crippen molar-refractivity contribution >= 4 is 29.7 Å². The standard InChI is InChI=1S/C15H24N4O7/c16-8(3-6-12(21)22)14(24)19-7-1-2-10(19)13(23)18-9(15(25)26)4-5-11(17)20/h8-10H,1-7,16H2,(H2,17,20)(H,18,23)(H,21,22)(H,25,26)/t8-,9-,10-/m0/s1. The van der Waals surface area contributed by atoms with E-state index in [2.05, 4.69) is 5.32 Å². The summed E-state index contributed by atoms with van der Waals surface area (Å²) in [6.07, 6.45) is 0.181. The molecule has 1 rings (SSSR count). The number of likely N-dealkylation sites (tertiary alicyclic amines) is 1. The molecule has 0 aromatic rings. The molecule has 0 saturated carbocycles. The van der Waals surface area contributed by atoms with Gasteiger partial charge in [0.25, 0.3) is 0 Å². The molecule has 0 aliphatic carbocycles. The van der Waals surface area contributed by atoms with Gasteiger partial charge in [-0.1, -0.05) is 0 Å². The fourth-order valence-corrected chi connectivity index (χ4v) is 2.73. The second-order valence-electron chi connectivity index (χ2n) is 6.13. The Kier molecular flexibility index (Phi) is 7.97. The highest BCUT2D eigenvalue weighted by atomic mass is 16.4. The Balaban J connectivity index is 2.71. The lowest BCUT2D eigenvalue weighted by Gasteiger charge is -2.27. The lowest BCUT2D eigenvalue weighted by atomic mass is 10.1. The van der Waals surface area contributed by atoms with Crippen LogP contribution < -0.4 is 16.8 Å². The maximum absolute atomic E-state index is 12.4. The normalized spacial score (nSPS) is 18.8. The number of amides is 3. The Labute approximate surface area is 149 Å². The molecule has 1 aliphatic rings. The first kappa shape index (κ1) is 21.4. The molecule has 7 N–H and O–H groups in total. The number of carbonyl (C=O) groups is 5. The number of primary amides is 1. The zero-order chi connectivity index (χ0) is 19.9. The fourth-order valence-electron chi connectivity index (χ4n) is 2.73. The monoisotopic (exact) mass is 372 g/mol. The zero-order valence-electron chi connectivity index (χ0n) is 14.2. The Morgan fingerprint density at radius 1 is 1.12 bits per heavy atom. The van der Waals surface area contributed by atoms with E-state index in [1.54, 1.807) is 0 Å². The van der Waals surface area contributed by atoms with Crippen molar-refractivity contribution in [2.45, 2.75) is 56.7 Å². The van der Waals surface area contributed by atoms with Gasteiger partial charge in [-0.3, -0.25) is 19.2 Å². The topological polar surface area (TPSA) is 193 Å². The van der Waals surface area contributed by atoms with Crippen molar-refractivity contribution < 1.29 is 34.2 Å². The Bertz CT molecular complexity index is 580. The van der Waals surface area contributed by atoms with Crippen LogP contribution in [0.4, 0.5) is 0 Å². The molecule has 11 heteroatoms. The smallest absolute Gasteiger partial charge is 0.326 e. The molecule has 146 valence electrons. The van der Waals surface area contributed by atoms with E-state index in [1.165, 1.54) is 4.90 Å². The van der Waals surface area contributed by atoms with Gasteiger partial charge < -0.3 is 31.9 Å². The molecule has 1 fully saturated rings. The van der Waals surface area contributed by atoms with E-state index in [-0.39, 0.29) is 32.2 Å². The van der Waals surface area contributed by atoms with Gasteiger partial charge in [0.15, 0.2) is 0 Å². The summed E-state index contributed by atoms with van der Waals surface area (Å²) < 4.78 is 0. The van der Waals surface area contributed by atoms with Crippen molar-refractivity contribution in [3.63, 3.8) is 0 Å². The molecule has 3 amide bonds. The molecule has 0 bridgehead atoms. The van der Waals surface area contributed by atoms with Crippen molar-refractivity contribution in [3.8, 4) is 0 Å². The van der Waals surface area contributed by atoms with Crippen molar-refractivity contribution in [2.24, 2.45) is 11.5 Å². The largest absolute Gasteiger partial charge is 0.481 e. The van der Waals surface area contributed by atoms with Gasteiger partial charge in [-0.05, 0) is 25.7 Å². The van der Waals surface area contributed by atoms with E-state index < -0.39 is 47.8 Å². The molecule has 0 radical (unpaired) electrons. The molecule has 0 unspecified atom stereocenters. The summed E-state index contributed by atoms with van der Waals surface area (Å²) in [7, 11) is 0. The van der Waals surface area contributed by atoms with E-state index in [1.807, 2.05) is 0 Å². The Hall–Kier alpha value is -2.69. The highest BCUT2D eigenvalue weighted by Gasteiger charge is 2.37. The quantitative estimate of drug-likeness (QED) is 0.290. The number of aliphatic carboxylic acids is 2. The van der Waals surface area contributed by atoms with Gasteiger partial charge in [-0.15, -0.1) is 0 Å². The molecular weight excluding hydrogens is 348 g/mol. The molecule has 0 aromatic carbocycles. The van der Waals surface area contributed by atoms with Crippen LogP contribution in [0.25, 0.3) is 0 Å². The van der Waals surface area contributed by atoms with Gasteiger partial charge in [0.2, 0.25) is 17.7 Å². The highest BCUT2D eigenvalue weighted by Crippen LogP contribution is 2.19. The maximum atomic E-state index is 12.4. The average molecular weight is 372 g/mol. The minimum atomic E-state index is -1.31. The summed E-state index contributed by atoms with van der Waals surface area (Å²) in [5.41, 5.74) is 10.7. The van der Waals surface area contributed by atoms with Crippen molar-refractivity contribution in [2.75, 3.05) is 6.54 Å². The zero-order valence-corrected chi connectivity index (χ0v) is 14.2. The van der Waals surface area contributed by atoms with Crippen LogP contribution in [0.2, 0.25) is 0 Å². The number of carboxylic acid groups (broad SMARTS) is 2. The third kappa shape index (κ3) is 6.31. The van der Waals surface area contributed by atoms with Gasteiger partial charge in [0, 0.05) is 19.4 Å². The summed E-state index contributed by atoms with van der Waals surface area (Å²) in [5, 5.41) is 20.1. The maximum Gasteiger partial charge on any atom is 0.326 e. The van der Waals surface area contributed by atoms with Gasteiger partial charge in [-0.25, -0.2) is 4.79 Å². The predicted octanol–water partition coefficient (Wildman–Crippen LogP) is -2.00. The van der Waals surface area contributed by atoms with Crippen LogP contribution in [0.1, 0.15) is 38.5 Å². The van der Waals surface area contributed by atoms with Crippen LogP contribution in [-0.2, 0) is 24.0 Å². The van der Waals surface area contributed by atoms with E-state index in [0.717, 1.165) is 0 Å². The number of nitrogens with two attached hydrogens (primary N) is 2. The van der Waals surface area contributed by atoms with Crippen molar-refractivity contribution in [1.29, 1.82) is 0 Å². The fraction of sp³-hybridized carbons (Fsp3) is 0.667. The van der Waals surface area contributed by atoms with E-state index in [4.69, 9.17) is 21.7 Å². The number of hydrogen-bond acceptors (Lipinski definition) is 6. The van der Waals surface area contributed by atoms with Crippen molar-refractivity contribution in [3.05, 3.63) is 0 Å². The summed E-state index contributed by atoms with van der Waals surface area (Å²) in [5.74, 6) is -4.28. The second kappa shape index (κ2) is 9.70. The lowest BCUT2D eigenvalue weighted by molar-refractivity contribution is -0.144. The third-order valence-corrected chi connectivity index (χ3v) is 4.12. The molecule has 0 spiro atoms. The molecule has 26 heavy (non-hydrogen) atoms. The number of nitrogens with one attached hydrogen (secondary N) is 1. The van der Waals surface area contributed by atoms with Gasteiger partial charge in [0.05, 0.1) is 6.04 Å². The van der Waals surface area contributed by atoms with Crippen LogP contribution in [0.3, 0.4) is 0 Å². The van der Waals surface area contributed by atoms with Crippen LogP contribution in [-0.4, -0.2) is 69.4 Å². The van der Waals surface area contributed by atoms with Crippen LogP contribution in [0.5, 0.6) is 0 Å². The molecule has 0 aromatic heterocycles. The van der Waals surface area contributed by atoms with Crippen LogP contribution in [0, 0.1) is 0 Å². The molecule has 1 aliphatic heterocycles. The number of rotatable bonds is 10. The molecule has 3 atom stereocenters. The van der Waals surface area contributed by atoms with E-state index in [9.17, 15) is 24.0 Å². The van der Waals surface area contributed by atoms with Gasteiger partial charge >= 0.3 is 11.9 Å². The first-order valence-corrected chi connectivity index (χ1v) is 8.22. The second-order valence-corrected chi connectivity index (χ2v) is 6.13. The lowest BCUT2D eigenvalue weighted by Crippen LogP contribution is -2.54. The third-order valence-electron chi connectivity index (χ3n) is 4.12. The number of hydrogen-bond donors (Lipinski definition) is 5. The minimum Gasteiger partial charge on any atom is -0.481 e. The number of carbonyl (C=O) groups excluding carboxylic acids is 3. The summed E-state index contributed by atoms with van der Waals surface area (Å²) in [6, 6.07) is -3.23. The van der Waals surface area contributed by atoms with E-state index >= 15 is 0 Å². The van der Waals surface area contributed by atoms with E-state index in [0.29, 0.717) is 12.8 Å². The predicted molar refractivity (Wildman–Crippen MR) is 87.6 cm³/mol. The number of nitrogens with zero attached hydrogens (tertiary/aromatic N) is 1. The highest BCUT2D eigenvalue weighted by molar-refractivity contribution is 5.92. The van der Waals surface area contributed by atoms with Crippen LogP contribution >= 0.6 is 0 Å². The summed E-state index contributed by atoms with van der Waals surface area (Å²) in [6.45, 7) is 0.275. The summed E-state index contributed by atoms with van der Waals surface area (Å²) in [4.78, 5) is 58.6. The average Bonchev–Trinajstić information content (AvgIpc) is 3.04. The Morgan fingerprint density at radius 3 is 2.31 bits per heavy atom. The molecule has 1 saturated heterocycles. The SMILES string of the molecule is NC(=O)CC[C@H](NC(=O)[C@@H]1CCCN1C(=O)[C@@H](N)CCC(=O)O)C(=O)O. The van der Waals surface area contributed by atoms with Gasteiger partial charge in [0.1, 0.15) is 12.1 Å². The summed E-state index contributed by atoms with van der Waals surface area (Å²) >= 11 is 0. The molecule has 1 heterocycles. The Morgan fingerprint density at radius 2 is 1.77 bits per heavy atom.